The monoisotopic (exact) mass is 433 g/mol. The number of nitrogens with zero attached hydrogens (tertiary/aromatic N) is 3. The molecule has 0 fully saturated rings. The van der Waals surface area contributed by atoms with Gasteiger partial charge in [-0.25, -0.2) is 4.52 Å². The van der Waals surface area contributed by atoms with E-state index in [9.17, 15) is 4.79 Å². The van der Waals surface area contributed by atoms with Gasteiger partial charge in [-0.1, -0.05) is 48.9 Å². The number of benzene rings is 2. The summed E-state index contributed by atoms with van der Waals surface area (Å²) < 4.78 is 10.1. The van der Waals surface area contributed by atoms with Gasteiger partial charge in [0, 0.05) is 29.1 Å². The number of carbonyl (C=O) groups is 1. The number of carbonyl (C=O) groups excluding carboxylic acids is 1. The van der Waals surface area contributed by atoms with Gasteiger partial charge in [-0.05, 0) is 49.1 Å². The Hall–Kier alpha value is -3.05. The predicted octanol–water partition coefficient (Wildman–Crippen LogP) is 5.96. The first-order valence-electron chi connectivity index (χ1n) is 10.8. The van der Waals surface area contributed by atoms with E-state index in [2.05, 4.69) is 16.7 Å². The van der Waals surface area contributed by atoms with Crippen LogP contribution in [0.25, 0.3) is 16.8 Å². The van der Waals surface area contributed by atoms with Crippen molar-refractivity contribution in [2.75, 3.05) is 0 Å². The summed E-state index contributed by atoms with van der Waals surface area (Å²) in [7, 11) is 0. The van der Waals surface area contributed by atoms with Crippen LogP contribution in [0.2, 0.25) is 5.02 Å². The molecule has 5 rings (SSSR count). The second-order valence-electron chi connectivity index (χ2n) is 7.85. The summed E-state index contributed by atoms with van der Waals surface area (Å²) in [4.78, 5) is 13.1. The van der Waals surface area contributed by atoms with Crippen LogP contribution in [0.1, 0.15) is 48.1 Å². The van der Waals surface area contributed by atoms with E-state index in [1.165, 1.54) is 5.56 Å². The summed E-state index contributed by atoms with van der Waals surface area (Å²) in [5, 5.41) is 5.56. The first kappa shape index (κ1) is 19.9. The molecule has 0 saturated carbocycles. The summed E-state index contributed by atoms with van der Waals surface area (Å²) in [6, 6.07) is 17.5. The second kappa shape index (κ2) is 8.23. The van der Waals surface area contributed by atoms with Crippen molar-refractivity contribution in [3.63, 3.8) is 0 Å². The Labute approximate surface area is 186 Å². The molecule has 0 aliphatic carbocycles. The number of hydrogen-bond donors (Lipinski definition) is 0. The van der Waals surface area contributed by atoms with E-state index in [1.807, 2.05) is 53.9 Å². The van der Waals surface area contributed by atoms with E-state index in [4.69, 9.17) is 21.4 Å². The number of ether oxygens (including phenoxy) is 1. The van der Waals surface area contributed by atoms with Gasteiger partial charge in [0.1, 0.15) is 23.7 Å². The molecule has 4 aromatic rings. The van der Waals surface area contributed by atoms with E-state index in [0.717, 1.165) is 54.2 Å². The Balaban J connectivity index is 1.65. The topological polar surface area (TPSA) is 48.5 Å². The lowest BCUT2D eigenvalue weighted by Crippen LogP contribution is -2.08. The summed E-state index contributed by atoms with van der Waals surface area (Å²) in [6.45, 7) is 3.11. The molecule has 1 aliphatic rings. The van der Waals surface area contributed by atoms with Crippen molar-refractivity contribution in [2.45, 2.75) is 45.8 Å². The van der Waals surface area contributed by atoms with Gasteiger partial charge in [0.25, 0.3) is 0 Å². The minimum Gasteiger partial charge on any atom is -0.486 e. The highest BCUT2D eigenvalue weighted by molar-refractivity contribution is 6.30. The van der Waals surface area contributed by atoms with Gasteiger partial charge >= 0.3 is 0 Å². The Kier molecular flexibility index (Phi) is 5.28. The van der Waals surface area contributed by atoms with Crippen LogP contribution < -0.4 is 4.74 Å². The zero-order valence-corrected chi connectivity index (χ0v) is 18.2. The van der Waals surface area contributed by atoms with Gasteiger partial charge in [0.05, 0.1) is 0 Å². The lowest BCUT2D eigenvalue weighted by molar-refractivity contribution is 0.0982. The standard InChI is InChI=1S/C25H24ClN3O2/c1-2-21(30)24-23(17-8-4-3-5-9-17)20-10-6-7-15-28-22(27-29(24)25(20)28)16-31-19-13-11-18(26)12-14-19/h3-5,8-9,11-14H,2,6-7,10,15-16H2,1H3. The maximum absolute atomic E-state index is 13.1. The molecule has 31 heavy (non-hydrogen) atoms. The lowest BCUT2D eigenvalue weighted by atomic mass is 9.96. The van der Waals surface area contributed by atoms with Gasteiger partial charge in [0.15, 0.2) is 11.6 Å². The summed E-state index contributed by atoms with van der Waals surface area (Å²) in [5.74, 6) is 1.68. The van der Waals surface area contributed by atoms with Crippen molar-refractivity contribution < 1.29 is 9.53 Å². The number of aryl methyl sites for hydroxylation is 2. The molecular weight excluding hydrogens is 410 g/mol. The maximum atomic E-state index is 13.1. The highest BCUT2D eigenvalue weighted by Gasteiger charge is 2.29. The average molecular weight is 434 g/mol. The quantitative estimate of drug-likeness (QED) is 0.352. The maximum Gasteiger partial charge on any atom is 0.181 e. The minimum absolute atomic E-state index is 0.107. The average Bonchev–Trinajstić information content (AvgIpc) is 3.20. The normalized spacial score (nSPS) is 13.4. The number of rotatable bonds is 6. The fourth-order valence-electron chi connectivity index (χ4n) is 4.43. The van der Waals surface area contributed by atoms with Gasteiger partial charge in [-0.3, -0.25) is 4.79 Å². The summed E-state index contributed by atoms with van der Waals surface area (Å²) in [6.07, 6.45) is 3.53. The molecule has 158 valence electrons. The van der Waals surface area contributed by atoms with Crippen LogP contribution in [0.15, 0.2) is 54.6 Å². The summed E-state index contributed by atoms with van der Waals surface area (Å²) in [5.41, 5.74) is 5.05. The van der Waals surface area contributed by atoms with Gasteiger partial charge in [-0.2, -0.15) is 0 Å². The molecular formula is C25H24ClN3O2. The highest BCUT2D eigenvalue weighted by Crippen LogP contribution is 2.37. The van der Waals surface area contributed by atoms with E-state index in [-0.39, 0.29) is 5.78 Å². The third-order valence-electron chi connectivity index (χ3n) is 5.89. The van der Waals surface area contributed by atoms with Crippen LogP contribution in [0, 0.1) is 0 Å². The van der Waals surface area contributed by atoms with Crippen LogP contribution in [-0.4, -0.2) is 20.0 Å². The third-order valence-corrected chi connectivity index (χ3v) is 6.14. The smallest absolute Gasteiger partial charge is 0.181 e. The molecule has 3 heterocycles. The predicted molar refractivity (Wildman–Crippen MR) is 122 cm³/mol. The molecule has 2 aromatic carbocycles. The van der Waals surface area contributed by atoms with Crippen molar-refractivity contribution in [3.8, 4) is 16.9 Å². The Morgan fingerprint density at radius 1 is 1.10 bits per heavy atom. The SMILES string of the molecule is CCC(=O)c1c(-c2ccccc2)c2c3n(c(COc4ccc(Cl)cc4)nn13)CCCC2. The van der Waals surface area contributed by atoms with Crippen molar-refractivity contribution in [3.05, 3.63) is 76.7 Å². The largest absolute Gasteiger partial charge is 0.486 e. The zero-order valence-electron chi connectivity index (χ0n) is 17.5. The highest BCUT2D eigenvalue weighted by atomic mass is 35.5. The van der Waals surface area contributed by atoms with Gasteiger partial charge < -0.3 is 9.30 Å². The Morgan fingerprint density at radius 2 is 1.87 bits per heavy atom. The number of hydrogen-bond acceptors (Lipinski definition) is 3. The van der Waals surface area contributed by atoms with Crippen LogP contribution in [-0.2, 0) is 19.6 Å². The van der Waals surface area contributed by atoms with Gasteiger partial charge in [0.2, 0.25) is 0 Å². The van der Waals surface area contributed by atoms with E-state index in [0.29, 0.717) is 23.7 Å². The van der Waals surface area contributed by atoms with E-state index >= 15 is 0 Å². The van der Waals surface area contributed by atoms with E-state index in [1.54, 1.807) is 0 Å². The number of halogens is 1. The molecule has 0 radical (unpaired) electrons. The van der Waals surface area contributed by atoms with Crippen molar-refractivity contribution in [1.29, 1.82) is 0 Å². The molecule has 1 aliphatic heterocycles. The molecule has 0 unspecified atom stereocenters. The number of ketones is 1. The molecule has 6 heteroatoms. The Bertz CT molecular complexity index is 1240. The minimum atomic E-state index is 0.107. The van der Waals surface area contributed by atoms with Crippen LogP contribution in [0.4, 0.5) is 0 Å². The molecule has 0 N–H and O–H groups in total. The van der Waals surface area contributed by atoms with Crippen molar-refractivity contribution in [1.82, 2.24) is 14.2 Å². The zero-order chi connectivity index (χ0) is 21.4. The van der Waals surface area contributed by atoms with Crippen LogP contribution in [0.5, 0.6) is 5.75 Å². The molecule has 0 atom stereocenters. The molecule has 0 bridgehead atoms. The molecule has 5 nitrogen and oxygen atoms in total. The van der Waals surface area contributed by atoms with Crippen LogP contribution >= 0.6 is 11.6 Å². The lowest BCUT2D eigenvalue weighted by Gasteiger charge is -2.09. The summed E-state index contributed by atoms with van der Waals surface area (Å²) >= 11 is 5.98. The number of aromatic nitrogens is 3. The van der Waals surface area contributed by atoms with Crippen LogP contribution in [0.3, 0.4) is 0 Å². The second-order valence-corrected chi connectivity index (χ2v) is 8.28. The molecule has 0 saturated heterocycles. The molecule has 0 amide bonds. The van der Waals surface area contributed by atoms with E-state index < -0.39 is 0 Å². The van der Waals surface area contributed by atoms with Gasteiger partial charge in [-0.15, -0.1) is 5.10 Å². The Morgan fingerprint density at radius 3 is 2.61 bits per heavy atom. The molecule has 0 spiro atoms. The fourth-order valence-corrected chi connectivity index (χ4v) is 4.56. The van der Waals surface area contributed by atoms with Crippen molar-refractivity contribution >= 4 is 23.0 Å². The first-order chi connectivity index (χ1) is 15.2. The fraction of sp³-hybridized carbons (Fsp3) is 0.280. The van der Waals surface area contributed by atoms with Crippen molar-refractivity contribution in [2.24, 2.45) is 0 Å². The third kappa shape index (κ3) is 3.53. The number of Topliss-reactive ketones (excluding diaryl/α,β-unsaturated/α-hetero) is 1. The first-order valence-corrected chi connectivity index (χ1v) is 11.1. The molecule has 2 aromatic heterocycles.